The number of amides is 1. The van der Waals surface area contributed by atoms with Crippen LogP contribution >= 0.6 is 15.9 Å². The molecule has 2 aromatic carbocycles. The van der Waals surface area contributed by atoms with E-state index in [0.29, 0.717) is 10.2 Å². The van der Waals surface area contributed by atoms with E-state index in [2.05, 4.69) is 20.7 Å². The van der Waals surface area contributed by atoms with Gasteiger partial charge < -0.3 is 0 Å². The molecule has 150 valence electrons. The van der Waals surface area contributed by atoms with Crippen molar-refractivity contribution in [3.8, 4) is 0 Å². The molecule has 28 heavy (non-hydrogen) atoms. The lowest BCUT2D eigenvalue weighted by Gasteiger charge is -2.18. The molecule has 1 saturated heterocycles. The maximum Gasteiger partial charge on any atom is 0.261 e. The Morgan fingerprint density at radius 1 is 1.11 bits per heavy atom. The first-order valence-electron chi connectivity index (χ1n) is 8.30. The third-order valence-electron chi connectivity index (χ3n) is 4.34. The summed E-state index contributed by atoms with van der Waals surface area (Å²) in [6.45, 7) is 5.01. The van der Waals surface area contributed by atoms with Crippen molar-refractivity contribution in [3.05, 3.63) is 52.5 Å². The molecule has 2 aromatic rings. The Kier molecular flexibility index (Phi) is 5.10. The van der Waals surface area contributed by atoms with Gasteiger partial charge in [0, 0.05) is 4.47 Å². The molecule has 1 fully saturated rings. The molecular formula is C18H19BrN2O5S2. The Morgan fingerprint density at radius 3 is 2.21 bits per heavy atom. The highest BCUT2D eigenvalue weighted by molar-refractivity contribution is 9.10. The van der Waals surface area contributed by atoms with Gasteiger partial charge in [-0.25, -0.2) is 21.1 Å². The van der Waals surface area contributed by atoms with E-state index in [4.69, 9.17) is 0 Å². The van der Waals surface area contributed by atoms with Crippen LogP contribution in [0.5, 0.6) is 0 Å². The number of carbonyl (C=O) groups excluding carboxylic acids is 1. The Bertz CT molecular complexity index is 1160. The Hall–Kier alpha value is -1.91. The second-order valence-corrected chi connectivity index (χ2v) is 11.6. The van der Waals surface area contributed by atoms with Crippen LogP contribution in [0, 0.1) is 12.3 Å². The van der Waals surface area contributed by atoms with Crippen molar-refractivity contribution in [2.45, 2.75) is 25.7 Å². The fourth-order valence-corrected chi connectivity index (χ4v) is 6.84. The third-order valence-corrected chi connectivity index (χ3v) is 8.39. The molecule has 1 N–H and O–H groups in total. The predicted molar refractivity (Wildman–Crippen MR) is 111 cm³/mol. The van der Waals surface area contributed by atoms with Crippen molar-refractivity contribution in [1.82, 2.24) is 0 Å². The zero-order chi connectivity index (χ0) is 20.9. The smallest absolute Gasteiger partial charge is 0.261 e. The Morgan fingerprint density at radius 2 is 1.71 bits per heavy atom. The lowest BCUT2D eigenvalue weighted by atomic mass is 9.95. The number of hydrogen-bond acceptors (Lipinski definition) is 5. The molecule has 0 aromatic heterocycles. The van der Waals surface area contributed by atoms with Crippen LogP contribution in [0.2, 0.25) is 0 Å². The molecule has 0 unspecified atom stereocenters. The SMILES string of the molecule is Cc1ccc(NS(=O)(=O)c2ccc(N3C(=O)C(C)(C)CS3(=O)=O)cc2)c(Br)c1. The highest BCUT2D eigenvalue weighted by Gasteiger charge is 2.49. The van der Waals surface area contributed by atoms with E-state index >= 15 is 0 Å². The molecule has 0 bridgehead atoms. The summed E-state index contributed by atoms with van der Waals surface area (Å²) in [6, 6.07) is 10.4. The molecular weight excluding hydrogens is 468 g/mol. The summed E-state index contributed by atoms with van der Waals surface area (Å²) in [6.07, 6.45) is 0. The fraction of sp³-hybridized carbons (Fsp3) is 0.278. The maximum absolute atomic E-state index is 12.6. The van der Waals surface area contributed by atoms with Crippen LogP contribution in [0.25, 0.3) is 0 Å². The number of nitrogens with one attached hydrogen (secondary N) is 1. The van der Waals surface area contributed by atoms with E-state index in [1.165, 1.54) is 24.3 Å². The van der Waals surface area contributed by atoms with Gasteiger partial charge in [-0.1, -0.05) is 6.07 Å². The molecule has 1 aliphatic rings. The molecule has 1 amide bonds. The summed E-state index contributed by atoms with van der Waals surface area (Å²) in [7, 11) is -7.68. The monoisotopic (exact) mass is 486 g/mol. The molecule has 7 nitrogen and oxygen atoms in total. The van der Waals surface area contributed by atoms with Gasteiger partial charge >= 0.3 is 0 Å². The van der Waals surface area contributed by atoms with Crippen LogP contribution in [0.3, 0.4) is 0 Å². The van der Waals surface area contributed by atoms with Gasteiger partial charge in [-0.3, -0.25) is 9.52 Å². The quantitative estimate of drug-likeness (QED) is 0.714. The van der Waals surface area contributed by atoms with Crippen LogP contribution in [-0.4, -0.2) is 28.5 Å². The average molecular weight is 487 g/mol. The van der Waals surface area contributed by atoms with E-state index < -0.39 is 31.4 Å². The third kappa shape index (κ3) is 3.81. The van der Waals surface area contributed by atoms with E-state index in [9.17, 15) is 21.6 Å². The van der Waals surface area contributed by atoms with Crippen LogP contribution in [0.1, 0.15) is 19.4 Å². The highest BCUT2D eigenvalue weighted by atomic mass is 79.9. The molecule has 0 saturated carbocycles. The molecule has 0 spiro atoms. The maximum atomic E-state index is 12.6. The van der Waals surface area contributed by atoms with E-state index in [0.717, 1.165) is 9.87 Å². The minimum Gasteiger partial charge on any atom is -0.278 e. The summed E-state index contributed by atoms with van der Waals surface area (Å²) >= 11 is 3.32. The van der Waals surface area contributed by atoms with E-state index in [1.807, 2.05) is 6.92 Å². The number of aryl methyl sites for hydroxylation is 1. The Labute approximate surface area is 173 Å². The first kappa shape index (κ1) is 20.8. The van der Waals surface area contributed by atoms with Crippen LogP contribution in [0.4, 0.5) is 11.4 Å². The second kappa shape index (κ2) is 6.85. The van der Waals surface area contributed by atoms with Crippen molar-refractivity contribution in [1.29, 1.82) is 0 Å². The lowest BCUT2D eigenvalue weighted by molar-refractivity contribution is -0.123. The average Bonchev–Trinajstić information content (AvgIpc) is 2.73. The molecule has 1 heterocycles. The zero-order valence-electron chi connectivity index (χ0n) is 15.4. The van der Waals surface area contributed by atoms with Gasteiger partial charge in [0.1, 0.15) is 0 Å². The normalized spacial score (nSPS) is 18.3. The summed E-state index contributed by atoms with van der Waals surface area (Å²) in [5.41, 5.74) is 0.446. The number of nitrogens with zero attached hydrogens (tertiary/aromatic N) is 1. The number of benzene rings is 2. The minimum absolute atomic E-state index is 0.0490. The standard InChI is InChI=1S/C18H19BrN2O5S2/c1-12-4-9-16(15(19)10-12)20-28(25,26)14-7-5-13(6-8-14)21-17(22)18(2,3)11-27(21,23)24/h4-10,20H,11H2,1-3H3. The highest BCUT2D eigenvalue weighted by Crippen LogP contribution is 2.36. The largest absolute Gasteiger partial charge is 0.278 e. The van der Waals surface area contributed by atoms with Gasteiger partial charge in [-0.05, 0) is 78.7 Å². The summed E-state index contributed by atoms with van der Waals surface area (Å²) in [4.78, 5) is 12.4. The van der Waals surface area contributed by atoms with Gasteiger partial charge in [-0.2, -0.15) is 0 Å². The topological polar surface area (TPSA) is 101 Å². The summed E-state index contributed by atoms with van der Waals surface area (Å²) in [5.74, 6) is -0.827. The number of hydrogen-bond donors (Lipinski definition) is 1. The second-order valence-electron chi connectivity index (χ2n) is 7.29. The zero-order valence-corrected chi connectivity index (χ0v) is 18.7. The molecule has 0 aliphatic carbocycles. The molecule has 10 heteroatoms. The van der Waals surface area contributed by atoms with E-state index in [1.54, 1.807) is 32.0 Å². The molecule has 3 rings (SSSR count). The number of carbonyl (C=O) groups is 1. The van der Waals surface area contributed by atoms with Crippen LogP contribution in [0.15, 0.2) is 51.8 Å². The number of halogens is 1. The van der Waals surface area contributed by atoms with Gasteiger partial charge in [-0.15, -0.1) is 0 Å². The molecule has 1 aliphatic heterocycles. The number of sulfonamides is 2. The summed E-state index contributed by atoms with van der Waals surface area (Å²) < 4.78 is 53.8. The van der Waals surface area contributed by atoms with Crippen molar-refractivity contribution < 1.29 is 21.6 Å². The van der Waals surface area contributed by atoms with Crippen LogP contribution in [-0.2, 0) is 24.8 Å². The van der Waals surface area contributed by atoms with E-state index in [-0.39, 0.29) is 16.3 Å². The number of anilines is 2. The van der Waals surface area contributed by atoms with Crippen LogP contribution < -0.4 is 9.03 Å². The van der Waals surface area contributed by atoms with Gasteiger partial charge in [0.15, 0.2) is 0 Å². The van der Waals surface area contributed by atoms with Crippen molar-refractivity contribution >= 4 is 53.3 Å². The Balaban J connectivity index is 1.91. The molecule has 0 radical (unpaired) electrons. The first-order chi connectivity index (χ1) is 12.8. The van der Waals surface area contributed by atoms with Gasteiger partial charge in [0.05, 0.1) is 27.4 Å². The lowest BCUT2D eigenvalue weighted by Crippen LogP contribution is -2.32. The van der Waals surface area contributed by atoms with Gasteiger partial charge in [0.2, 0.25) is 15.9 Å². The van der Waals surface area contributed by atoms with Crippen molar-refractivity contribution in [3.63, 3.8) is 0 Å². The summed E-state index contributed by atoms with van der Waals surface area (Å²) in [5, 5.41) is 0. The fourth-order valence-electron chi connectivity index (χ4n) is 2.93. The van der Waals surface area contributed by atoms with Crippen molar-refractivity contribution in [2.75, 3.05) is 14.8 Å². The number of rotatable bonds is 4. The molecule has 0 atom stereocenters. The minimum atomic E-state index is -3.89. The first-order valence-corrected chi connectivity index (χ1v) is 12.2. The predicted octanol–water partition coefficient (Wildman–Crippen LogP) is 3.26. The van der Waals surface area contributed by atoms with Gasteiger partial charge in [0.25, 0.3) is 10.0 Å². The van der Waals surface area contributed by atoms with Crippen molar-refractivity contribution in [2.24, 2.45) is 5.41 Å².